The smallest absolute Gasteiger partial charge is 0.248 e. The molecule has 0 saturated carbocycles. The first kappa shape index (κ1) is 14.2. The number of nitrogens with two attached hydrogens (primary N) is 1. The number of rotatable bonds is 3. The SMILES string of the molecule is Cc1cc(NC(=O)C(C)(N)c2ccccc2)ccc1F. The van der Waals surface area contributed by atoms with Crippen molar-refractivity contribution < 1.29 is 9.18 Å². The lowest BCUT2D eigenvalue weighted by atomic mass is 9.92. The molecule has 104 valence electrons. The Bertz CT molecular complexity index is 624. The van der Waals surface area contributed by atoms with Gasteiger partial charge in [0.05, 0.1) is 0 Å². The Morgan fingerprint density at radius 2 is 1.85 bits per heavy atom. The van der Waals surface area contributed by atoms with E-state index in [-0.39, 0.29) is 11.7 Å². The lowest BCUT2D eigenvalue weighted by Crippen LogP contribution is -2.45. The Balaban J connectivity index is 2.21. The van der Waals surface area contributed by atoms with Crippen LogP contribution in [0.1, 0.15) is 18.1 Å². The molecule has 3 nitrogen and oxygen atoms in total. The minimum atomic E-state index is -1.15. The molecule has 2 aromatic rings. The van der Waals surface area contributed by atoms with E-state index in [1.165, 1.54) is 12.1 Å². The maximum Gasteiger partial charge on any atom is 0.248 e. The van der Waals surface area contributed by atoms with E-state index in [1.807, 2.05) is 18.2 Å². The number of amides is 1. The van der Waals surface area contributed by atoms with E-state index in [0.717, 1.165) is 5.56 Å². The largest absolute Gasteiger partial charge is 0.324 e. The van der Waals surface area contributed by atoms with Gasteiger partial charge in [0.25, 0.3) is 0 Å². The Kier molecular flexibility index (Phi) is 3.86. The third kappa shape index (κ3) is 2.86. The van der Waals surface area contributed by atoms with Crippen molar-refractivity contribution in [1.82, 2.24) is 0 Å². The van der Waals surface area contributed by atoms with E-state index >= 15 is 0 Å². The van der Waals surface area contributed by atoms with Gasteiger partial charge >= 0.3 is 0 Å². The molecular formula is C16H17FN2O. The number of benzene rings is 2. The Labute approximate surface area is 117 Å². The quantitative estimate of drug-likeness (QED) is 0.902. The van der Waals surface area contributed by atoms with E-state index in [9.17, 15) is 9.18 Å². The van der Waals surface area contributed by atoms with Crippen LogP contribution in [-0.2, 0) is 10.3 Å². The fourth-order valence-corrected chi connectivity index (χ4v) is 1.90. The number of nitrogens with one attached hydrogen (secondary N) is 1. The van der Waals surface area contributed by atoms with Crippen molar-refractivity contribution in [2.24, 2.45) is 5.73 Å². The fraction of sp³-hybridized carbons (Fsp3) is 0.188. The summed E-state index contributed by atoms with van der Waals surface area (Å²) in [5, 5.41) is 2.72. The predicted molar refractivity (Wildman–Crippen MR) is 77.7 cm³/mol. The summed E-state index contributed by atoms with van der Waals surface area (Å²) in [7, 11) is 0. The van der Waals surface area contributed by atoms with Crippen LogP contribution in [0.15, 0.2) is 48.5 Å². The highest BCUT2D eigenvalue weighted by molar-refractivity contribution is 5.98. The summed E-state index contributed by atoms with van der Waals surface area (Å²) in [5.74, 6) is -0.642. The normalized spacial score (nSPS) is 13.6. The van der Waals surface area contributed by atoms with Gasteiger partial charge in [0, 0.05) is 5.69 Å². The molecule has 20 heavy (non-hydrogen) atoms. The number of anilines is 1. The van der Waals surface area contributed by atoms with E-state index < -0.39 is 5.54 Å². The second-order valence-electron chi connectivity index (χ2n) is 4.99. The van der Waals surface area contributed by atoms with Gasteiger partial charge in [0.1, 0.15) is 11.4 Å². The van der Waals surface area contributed by atoms with Crippen molar-refractivity contribution in [2.75, 3.05) is 5.32 Å². The summed E-state index contributed by atoms with van der Waals surface area (Å²) in [6, 6.07) is 13.5. The van der Waals surface area contributed by atoms with Crippen molar-refractivity contribution in [3.8, 4) is 0 Å². The van der Waals surface area contributed by atoms with Gasteiger partial charge in [-0.25, -0.2) is 4.39 Å². The zero-order valence-electron chi connectivity index (χ0n) is 11.5. The summed E-state index contributed by atoms with van der Waals surface area (Å²) in [5.41, 5.74) is 6.68. The molecule has 0 fully saturated rings. The second kappa shape index (κ2) is 5.43. The van der Waals surface area contributed by atoms with Crippen LogP contribution in [0.4, 0.5) is 10.1 Å². The van der Waals surface area contributed by atoms with Crippen LogP contribution >= 0.6 is 0 Å². The summed E-state index contributed by atoms with van der Waals surface area (Å²) in [6.45, 7) is 3.29. The van der Waals surface area contributed by atoms with Crippen molar-refractivity contribution in [3.05, 3.63) is 65.5 Å². The minimum absolute atomic E-state index is 0.304. The Hall–Kier alpha value is -2.20. The van der Waals surface area contributed by atoms with Crippen LogP contribution in [0.25, 0.3) is 0 Å². The molecule has 0 spiro atoms. The van der Waals surface area contributed by atoms with E-state index in [1.54, 1.807) is 32.0 Å². The Morgan fingerprint density at radius 1 is 1.20 bits per heavy atom. The van der Waals surface area contributed by atoms with Crippen LogP contribution in [0, 0.1) is 12.7 Å². The van der Waals surface area contributed by atoms with Crippen molar-refractivity contribution >= 4 is 11.6 Å². The zero-order chi connectivity index (χ0) is 14.8. The Morgan fingerprint density at radius 3 is 2.45 bits per heavy atom. The molecule has 0 heterocycles. The third-order valence-corrected chi connectivity index (χ3v) is 3.26. The molecule has 0 bridgehead atoms. The predicted octanol–water partition coefficient (Wildman–Crippen LogP) is 2.95. The van der Waals surface area contributed by atoms with Gasteiger partial charge in [-0.3, -0.25) is 4.79 Å². The average Bonchev–Trinajstić information content (AvgIpc) is 2.44. The van der Waals surface area contributed by atoms with E-state index in [4.69, 9.17) is 5.73 Å². The highest BCUT2D eigenvalue weighted by Gasteiger charge is 2.30. The first-order valence-corrected chi connectivity index (χ1v) is 6.33. The number of aryl methyl sites for hydroxylation is 1. The fourth-order valence-electron chi connectivity index (χ4n) is 1.90. The third-order valence-electron chi connectivity index (χ3n) is 3.26. The van der Waals surface area contributed by atoms with E-state index in [2.05, 4.69) is 5.32 Å². The number of carbonyl (C=O) groups excluding carboxylic acids is 1. The van der Waals surface area contributed by atoms with Crippen LogP contribution in [-0.4, -0.2) is 5.91 Å². The molecule has 4 heteroatoms. The number of halogens is 1. The van der Waals surface area contributed by atoms with E-state index in [0.29, 0.717) is 11.3 Å². The molecule has 1 amide bonds. The van der Waals surface area contributed by atoms with Crippen LogP contribution in [0.5, 0.6) is 0 Å². The summed E-state index contributed by atoms with van der Waals surface area (Å²) in [4.78, 5) is 12.3. The van der Waals surface area contributed by atoms with Crippen LogP contribution < -0.4 is 11.1 Å². The van der Waals surface area contributed by atoms with Gasteiger partial charge < -0.3 is 11.1 Å². The summed E-state index contributed by atoms with van der Waals surface area (Å²) >= 11 is 0. The number of carbonyl (C=O) groups is 1. The molecule has 2 aromatic carbocycles. The van der Waals surface area contributed by atoms with Crippen LogP contribution in [0.2, 0.25) is 0 Å². The van der Waals surface area contributed by atoms with Gasteiger partial charge in [-0.2, -0.15) is 0 Å². The van der Waals surface area contributed by atoms with Gasteiger partial charge in [-0.05, 0) is 43.2 Å². The summed E-state index contributed by atoms with van der Waals surface area (Å²) in [6.07, 6.45) is 0. The molecule has 0 aliphatic carbocycles. The molecule has 0 radical (unpaired) electrons. The lowest BCUT2D eigenvalue weighted by Gasteiger charge is -2.24. The maximum atomic E-state index is 13.2. The minimum Gasteiger partial charge on any atom is -0.324 e. The van der Waals surface area contributed by atoms with Crippen LogP contribution in [0.3, 0.4) is 0 Å². The van der Waals surface area contributed by atoms with Crippen molar-refractivity contribution in [1.29, 1.82) is 0 Å². The lowest BCUT2D eigenvalue weighted by molar-refractivity contribution is -0.120. The van der Waals surface area contributed by atoms with Crippen molar-refractivity contribution in [3.63, 3.8) is 0 Å². The number of hydrogen-bond donors (Lipinski definition) is 2. The van der Waals surface area contributed by atoms with Gasteiger partial charge in [-0.1, -0.05) is 30.3 Å². The summed E-state index contributed by atoms with van der Waals surface area (Å²) < 4.78 is 13.2. The standard InChI is InChI=1S/C16H17FN2O/c1-11-10-13(8-9-14(11)17)19-15(20)16(2,18)12-6-4-3-5-7-12/h3-10H,18H2,1-2H3,(H,19,20). The molecule has 0 aromatic heterocycles. The molecule has 1 atom stereocenters. The van der Waals surface area contributed by atoms with Gasteiger partial charge in [-0.15, -0.1) is 0 Å². The molecule has 1 unspecified atom stereocenters. The second-order valence-corrected chi connectivity index (χ2v) is 4.99. The monoisotopic (exact) mass is 272 g/mol. The number of hydrogen-bond acceptors (Lipinski definition) is 2. The first-order chi connectivity index (χ1) is 9.41. The molecular weight excluding hydrogens is 255 g/mol. The topological polar surface area (TPSA) is 55.1 Å². The molecule has 0 aliphatic heterocycles. The zero-order valence-corrected chi connectivity index (χ0v) is 11.5. The highest BCUT2D eigenvalue weighted by Crippen LogP contribution is 2.21. The molecule has 0 saturated heterocycles. The highest BCUT2D eigenvalue weighted by atomic mass is 19.1. The maximum absolute atomic E-state index is 13.2. The molecule has 0 aliphatic rings. The van der Waals surface area contributed by atoms with Gasteiger partial charge in [0.15, 0.2) is 0 Å². The van der Waals surface area contributed by atoms with Crippen molar-refractivity contribution in [2.45, 2.75) is 19.4 Å². The first-order valence-electron chi connectivity index (χ1n) is 6.33. The molecule has 3 N–H and O–H groups in total. The average molecular weight is 272 g/mol. The molecule has 2 rings (SSSR count). The van der Waals surface area contributed by atoms with Gasteiger partial charge in [0.2, 0.25) is 5.91 Å².